The van der Waals surface area contributed by atoms with E-state index in [0.717, 1.165) is 19.1 Å². The van der Waals surface area contributed by atoms with Crippen molar-refractivity contribution in [2.75, 3.05) is 13.1 Å². The van der Waals surface area contributed by atoms with Gasteiger partial charge in [0.2, 0.25) is 5.91 Å². The minimum atomic E-state index is -0.498. The predicted octanol–water partition coefficient (Wildman–Crippen LogP) is 0.797. The number of hydrogen-bond acceptors (Lipinski definition) is 3. The van der Waals surface area contributed by atoms with Gasteiger partial charge in [-0.3, -0.25) is 4.79 Å². The summed E-state index contributed by atoms with van der Waals surface area (Å²) in [6.07, 6.45) is 2.66. The zero-order valence-electron chi connectivity index (χ0n) is 9.90. The van der Waals surface area contributed by atoms with Gasteiger partial charge in [0.05, 0.1) is 12.6 Å². The van der Waals surface area contributed by atoms with Crippen molar-refractivity contribution in [3.8, 4) is 0 Å². The molecule has 0 saturated heterocycles. The van der Waals surface area contributed by atoms with E-state index in [1.165, 1.54) is 0 Å². The van der Waals surface area contributed by atoms with Crippen LogP contribution in [0.3, 0.4) is 0 Å². The van der Waals surface area contributed by atoms with Crippen LogP contribution in [0.1, 0.15) is 33.6 Å². The Labute approximate surface area is 91.8 Å². The molecule has 0 aromatic heterocycles. The zero-order valence-corrected chi connectivity index (χ0v) is 9.90. The second kappa shape index (κ2) is 7.40. The molecular formula is C11H22N2O2. The maximum absolute atomic E-state index is 11.8. The van der Waals surface area contributed by atoms with Crippen molar-refractivity contribution < 1.29 is 9.59 Å². The van der Waals surface area contributed by atoms with Gasteiger partial charge in [-0.2, -0.15) is 0 Å². The molecule has 0 heterocycles. The van der Waals surface area contributed by atoms with Crippen LogP contribution in [0.15, 0.2) is 0 Å². The number of amides is 1. The van der Waals surface area contributed by atoms with Crippen LogP contribution in [0.5, 0.6) is 0 Å². The molecule has 15 heavy (non-hydrogen) atoms. The first-order chi connectivity index (χ1) is 7.04. The molecule has 0 aromatic carbocycles. The Kier molecular flexibility index (Phi) is 6.96. The van der Waals surface area contributed by atoms with Crippen LogP contribution in [0.2, 0.25) is 0 Å². The van der Waals surface area contributed by atoms with Gasteiger partial charge in [-0.25, -0.2) is 0 Å². The van der Waals surface area contributed by atoms with Gasteiger partial charge < -0.3 is 15.4 Å². The number of carbonyl (C=O) groups excluding carboxylic acids is 2. The summed E-state index contributed by atoms with van der Waals surface area (Å²) in [5.74, 6) is -0.0150. The monoisotopic (exact) mass is 214 g/mol. The number of nitrogens with two attached hydrogens (primary N) is 1. The molecule has 88 valence electrons. The summed E-state index contributed by atoms with van der Waals surface area (Å²) in [4.78, 5) is 23.8. The van der Waals surface area contributed by atoms with E-state index in [-0.39, 0.29) is 18.4 Å². The fourth-order valence-electron chi connectivity index (χ4n) is 1.23. The molecule has 0 spiro atoms. The number of carbonyl (C=O) groups is 2. The first-order valence-corrected chi connectivity index (χ1v) is 5.52. The minimum absolute atomic E-state index is 0.105. The van der Waals surface area contributed by atoms with Crippen LogP contribution in [-0.4, -0.2) is 36.2 Å². The first kappa shape index (κ1) is 14.1. The van der Waals surface area contributed by atoms with E-state index in [4.69, 9.17) is 5.73 Å². The average Bonchev–Trinajstić information content (AvgIpc) is 2.22. The Balaban J connectivity index is 4.32. The van der Waals surface area contributed by atoms with Gasteiger partial charge in [0.25, 0.3) is 0 Å². The minimum Gasteiger partial charge on any atom is -0.334 e. The van der Waals surface area contributed by atoms with Gasteiger partial charge >= 0.3 is 0 Å². The second-order valence-corrected chi connectivity index (χ2v) is 4.07. The standard InChI is InChI=1S/C11H22N2O2/c1-4-5-6-13(7-8-14)11(15)10(12)9(2)3/h8-10H,4-7,12H2,1-3H3. The number of nitrogens with zero attached hydrogens (tertiary/aromatic N) is 1. The lowest BCUT2D eigenvalue weighted by Crippen LogP contribution is -2.47. The molecule has 0 fully saturated rings. The molecule has 1 unspecified atom stereocenters. The SMILES string of the molecule is CCCCN(CC=O)C(=O)C(N)C(C)C. The molecule has 0 aliphatic rings. The maximum Gasteiger partial charge on any atom is 0.240 e. The highest BCUT2D eigenvalue weighted by atomic mass is 16.2. The van der Waals surface area contributed by atoms with Crippen molar-refractivity contribution in [1.82, 2.24) is 4.90 Å². The van der Waals surface area contributed by atoms with Gasteiger partial charge in [-0.15, -0.1) is 0 Å². The molecule has 4 nitrogen and oxygen atoms in total. The van der Waals surface area contributed by atoms with Gasteiger partial charge in [-0.1, -0.05) is 27.2 Å². The molecule has 0 aromatic rings. The molecule has 2 N–H and O–H groups in total. The molecule has 0 radical (unpaired) electrons. The summed E-state index contributed by atoms with van der Waals surface area (Å²) in [6, 6.07) is -0.498. The third-order valence-electron chi connectivity index (χ3n) is 2.39. The topological polar surface area (TPSA) is 63.4 Å². The van der Waals surface area contributed by atoms with Gasteiger partial charge in [0, 0.05) is 6.54 Å². The summed E-state index contributed by atoms with van der Waals surface area (Å²) in [7, 11) is 0. The van der Waals surface area contributed by atoms with Crippen molar-refractivity contribution in [1.29, 1.82) is 0 Å². The summed E-state index contributed by atoms with van der Waals surface area (Å²) in [5, 5.41) is 0. The van der Waals surface area contributed by atoms with Crippen LogP contribution >= 0.6 is 0 Å². The fourth-order valence-corrected chi connectivity index (χ4v) is 1.23. The van der Waals surface area contributed by atoms with Gasteiger partial charge in [0.15, 0.2) is 0 Å². The maximum atomic E-state index is 11.8. The Morgan fingerprint density at radius 3 is 2.47 bits per heavy atom. The van der Waals surface area contributed by atoms with E-state index in [2.05, 4.69) is 0 Å². The zero-order chi connectivity index (χ0) is 11.8. The van der Waals surface area contributed by atoms with Crippen LogP contribution in [0.4, 0.5) is 0 Å². The normalized spacial score (nSPS) is 12.6. The van der Waals surface area contributed by atoms with E-state index in [9.17, 15) is 9.59 Å². The highest BCUT2D eigenvalue weighted by Crippen LogP contribution is 2.04. The highest BCUT2D eigenvalue weighted by Gasteiger charge is 2.22. The van der Waals surface area contributed by atoms with Gasteiger partial charge in [-0.05, 0) is 12.3 Å². The molecule has 1 atom stereocenters. The van der Waals surface area contributed by atoms with E-state index in [1.807, 2.05) is 20.8 Å². The quantitative estimate of drug-likeness (QED) is 0.637. The number of unbranched alkanes of at least 4 members (excludes halogenated alkanes) is 1. The molecular weight excluding hydrogens is 192 g/mol. The largest absolute Gasteiger partial charge is 0.334 e. The molecule has 0 aliphatic carbocycles. The second-order valence-electron chi connectivity index (χ2n) is 4.07. The van der Waals surface area contributed by atoms with E-state index in [0.29, 0.717) is 6.54 Å². The van der Waals surface area contributed by atoms with Crippen molar-refractivity contribution in [2.24, 2.45) is 11.7 Å². The van der Waals surface area contributed by atoms with Crippen LogP contribution in [-0.2, 0) is 9.59 Å². The molecule has 0 rings (SSSR count). The average molecular weight is 214 g/mol. The molecule has 1 amide bonds. The lowest BCUT2D eigenvalue weighted by atomic mass is 10.0. The van der Waals surface area contributed by atoms with Crippen molar-refractivity contribution in [3.63, 3.8) is 0 Å². The summed E-state index contributed by atoms with van der Waals surface area (Å²) >= 11 is 0. The first-order valence-electron chi connectivity index (χ1n) is 5.52. The van der Waals surface area contributed by atoms with Crippen LogP contribution in [0, 0.1) is 5.92 Å². The van der Waals surface area contributed by atoms with E-state index >= 15 is 0 Å². The van der Waals surface area contributed by atoms with Crippen LogP contribution < -0.4 is 5.73 Å². The lowest BCUT2D eigenvalue weighted by Gasteiger charge is -2.25. The highest BCUT2D eigenvalue weighted by molar-refractivity contribution is 5.83. The third-order valence-corrected chi connectivity index (χ3v) is 2.39. The smallest absolute Gasteiger partial charge is 0.240 e. The van der Waals surface area contributed by atoms with E-state index < -0.39 is 6.04 Å². The van der Waals surface area contributed by atoms with Crippen molar-refractivity contribution in [3.05, 3.63) is 0 Å². The number of aldehydes is 1. The predicted molar refractivity (Wildman–Crippen MR) is 60.4 cm³/mol. The van der Waals surface area contributed by atoms with Crippen molar-refractivity contribution in [2.45, 2.75) is 39.7 Å². The van der Waals surface area contributed by atoms with Crippen LogP contribution in [0.25, 0.3) is 0 Å². The summed E-state index contributed by atoms with van der Waals surface area (Å²) in [5.41, 5.74) is 5.76. The number of hydrogen-bond donors (Lipinski definition) is 1. The molecule has 0 bridgehead atoms. The molecule has 0 aliphatic heterocycles. The van der Waals surface area contributed by atoms with E-state index in [1.54, 1.807) is 4.90 Å². The summed E-state index contributed by atoms with van der Waals surface area (Å²) in [6.45, 7) is 6.63. The number of rotatable bonds is 7. The summed E-state index contributed by atoms with van der Waals surface area (Å²) < 4.78 is 0. The fraction of sp³-hybridized carbons (Fsp3) is 0.818. The lowest BCUT2D eigenvalue weighted by molar-refractivity contribution is -0.135. The third kappa shape index (κ3) is 4.93. The Hall–Kier alpha value is -0.900. The Morgan fingerprint density at radius 2 is 2.07 bits per heavy atom. The molecule has 0 saturated carbocycles. The Bertz CT molecular complexity index is 205. The van der Waals surface area contributed by atoms with Crippen molar-refractivity contribution >= 4 is 12.2 Å². The Morgan fingerprint density at radius 1 is 1.47 bits per heavy atom. The molecule has 4 heteroatoms. The van der Waals surface area contributed by atoms with Gasteiger partial charge in [0.1, 0.15) is 6.29 Å².